The van der Waals surface area contributed by atoms with Gasteiger partial charge in [0.1, 0.15) is 5.51 Å². The van der Waals surface area contributed by atoms with E-state index in [1.165, 1.54) is 32.4 Å². The van der Waals surface area contributed by atoms with Crippen LogP contribution in [0.2, 0.25) is 0 Å². The minimum absolute atomic E-state index is 0.662. The van der Waals surface area contributed by atoms with Crippen molar-refractivity contribution in [1.29, 1.82) is 0 Å². The molecule has 0 N–H and O–H groups in total. The van der Waals surface area contributed by atoms with Crippen molar-refractivity contribution in [1.82, 2.24) is 15.1 Å². The SMILES string of the molecule is c1nnc(N2CC[C@@H]3[C@@H]2CCN3CC2CCOC2)s1. The van der Waals surface area contributed by atoms with Gasteiger partial charge in [0.15, 0.2) is 0 Å². The number of likely N-dealkylation sites (tertiary alicyclic amines) is 1. The normalized spacial score (nSPS) is 35.2. The lowest BCUT2D eigenvalue weighted by atomic mass is 10.1. The first-order valence-electron chi connectivity index (χ1n) is 7.26. The molecule has 0 aromatic carbocycles. The summed E-state index contributed by atoms with van der Waals surface area (Å²) < 4.78 is 5.51. The van der Waals surface area contributed by atoms with Crippen LogP contribution in [0.25, 0.3) is 0 Å². The minimum Gasteiger partial charge on any atom is -0.381 e. The van der Waals surface area contributed by atoms with Gasteiger partial charge in [-0.2, -0.15) is 0 Å². The molecule has 4 rings (SSSR count). The van der Waals surface area contributed by atoms with E-state index in [9.17, 15) is 0 Å². The Kier molecular flexibility index (Phi) is 3.17. The van der Waals surface area contributed by atoms with Crippen molar-refractivity contribution in [2.45, 2.75) is 31.3 Å². The second kappa shape index (κ2) is 5.00. The van der Waals surface area contributed by atoms with Gasteiger partial charge in [-0.05, 0) is 25.2 Å². The number of hydrogen-bond acceptors (Lipinski definition) is 6. The average Bonchev–Trinajstić information content (AvgIpc) is 3.15. The van der Waals surface area contributed by atoms with Crippen LogP contribution in [0.4, 0.5) is 5.13 Å². The lowest BCUT2D eigenvalue weighted by molar-refractivity contribution is 0.162. The molecule has 0 amide bonds. The Bertz CT molecular complexity index is 420. The third kappa shape index (κ3) is 2.15. The van der Waals surface area contributed by atoms with E-state index in [2.05, 4.69) is 20.0 Å². The van der Waals surface area contributed by atoms with Crippen molar-refractivity contribution < 1.29 is 4.74 Å². The minimum atomic E-state index is 0.662. The fraction of sp³-hybridized carbons (Fsp3) is 0.846. The second-order valence-corrected chi connectivity index (χ2v) is 6.66. The molecule has 0 saturated carbocycles. The lowest BCUT2D eigenvalue weighted by Gasteiger charge is -2.26. The summed E-state index contributed by atoms with van der Waals surface area (Å²) in [5, 5.41) is 9.33. The average molecular weight is 280 g/mol. The molecule has 3 fully saturated rings. The molecule has 0 spiro atoms. The highest BCUT2D eigenvalue weighted by Gasteiger charge is 2.43. The van der Waals surface area contributed by atoms with Crippen molar-refractivity contribution >= 4 is 16.5 Å². The summed E-state index contributed by atoms with van der Waals surface area (Å²) in [4.78, 5) is 5.18. The standard InChI is InChI=1S/C13H20N4OS/c1-4-16(7-10-3-6-18-8-10)11-2-5-17(12(1)11)13-15-14-9-19-13/h9-12H,1-8H2/t10?,11-,12+/m1/s1. The van der Waals surface area contributed by atoms with Crippen LogP contribution in [0.3, 0.4) is 0 Å². The smallest absolute Gasteiger partial charge is 0.208 e. The summed E-state index contributed by atoms with van der Waals surface area (Å²) in [5.41, 5.74) is 1.84. The van der Waals surface area contributed by atoms with E-state index >= 15 is 0 Å². The van der Waals surface area contributed by atoms with Gasteiger partial charge in [0.25, 0.3) is 0 Å². The molecule has 3 atom stereocenters. The topological polar surface area (TPSA) is 41.5 Å². The number of fused-ring (bicyclic) bond motifs is 1. The molecular formula is C13H20N4OS. The zero-order valence-electron chi connectivity index (χ0n) is 11.1. The fourth-order valence-corrected chi connectivity index (χ4v) is 4.54. The Balaban J connectivity index is 1.43. The van der Waals surface area contributed by atoms with Crippen molar-refractivity contribution in [2.24, 2.45) is 5.92 Å². The zero-order chi connectivity index (χ0) is 12.7. The van der Waals surface area contributed by atoms with Crippen LogP contribution >= 0.6 is 11.3 Å². The molecule has 3 aliphatic rings. The van der Waals surface area contributed by atoms with Crippen LogP contribution in [0.15, 0.2) is 5.51 Å². The zero-order valence-corrected chi connectivity index (χ0v) is 11.9. The van der Waals surface area contributed by atoms with Crippen LogP contribution in [0.5, 0.6) is 0 Å². The van der Waals surface area contributed by atoms with Gasteiger partial charge in [-0.25, -0.2) is 0 Å². The summed E-state index contributed by atoms with van der Waals surface area (Å²) in [7, 11) is 0. The predicted octanol–water partition coefficient (Wildman–Crippen LogP) is 1.23. The van der Waals surface area contributed by atoms with Crippen molar-refractivity contribution in [3.63, 3.8) is 0 Å². The fourth-order valence-electron chi connectivity index (χ4n) is 3.89. The lowest BCUT2D eigenvalue weighted by Crippen LogP contribution is -2.38. The highest BCUT2D eigenvalue weighted by atomic mass is 32.1. The molecular weight excluding hydrogens is 260 g/mol. The van der Waals surface area contributed by atoms with Gasteiger partial charge >= 0.3 is 0 Å². The number of anilines is 1. The van der Waals surface area contributed by atoms with Gasteiger partial charge in [-0.1, -0.05) is 11.3 Å². The largest absolute Gasteiger partial charge is 0.381 e. The van der Waals surface area contributed by atoms with Gasteiger partial charge in [0.05, 0.1) is 6.61 Å². The van der Waals surface area contributed by atoms with Gasteiger partial charge < -0.3 is 9.64 Å². The molecule has 6 heteroatoms. The Morgan fingerprint density at radius 1 is 1.26 bits per heavy atom. The number of ether oxygens (including phenoxy) is 1. The van der Waals surface area contributed by atoms with E-state index in [1.54, 1.807) is 11.3 Å². The molecule has 0 bridgehead atoms. The number of aromatic nitrogens is 2. The van der Waals surface area contributed by atoms with E-state index in [4.69, 9.17) is 4.74 Å². The van der Waals surface area contributed by atoms with E-state index in [0.717, 1.165) is 36.8 Å². The highest BCUT2D eigenvalue weighted by molar-refractivity contribution is 7.13. The predicted molar refractivity (Wildman–Crippen MR) is 74.6 cm³/mol. The summed E-state index contributed by atoms with van der Waals surface area (Å²) in [6.45, 7) is 5.53. The summed E-state index contributed by atoms with van der Waals surface area (Å²) in [6, 6.07) is 1.39. The highest BCUT2D eigenvalue weighted by Crippen LogP contribution is 2.36. The number of rotatable bonds is 3. The van der Waals surface area contributed by atoms with Crippen molar-refractivity contribution in [3.05, 3.63) is 5.51 Å². The van der Waals surface area contributed by atoms with Gasteiger partial charge in [0, 0.05) is 38.3 Å². The first kappa shape index (κ1) is 12.1. The molecule has 0 aliphatic carbocycles. The number of hydrogen-bond donors (Lipinski definition) is 0. The van der Waals surface area contributed by atoms with Crippen LogP contribution in [0, 0.1) is 5.92 Å². The van der Waals surface area contributed by atoms with Crippen molar-refractivity contribution in [2.75, 3.05) is 37.7 Å². The maximum Gasteiger partial charge on any atom is 0.208 e. The van der Waals surface area contributed by atoms with Crippen LogP contribution in [-0.4, -0.2) is 60.0 Å². The Morgan fingerprint density at radius 2 is 2.21 bits per heavy atom. The summed E-state index contributed by atoms with van der Waals surface area (Å²) >= 11 is 1.67. The van der Waals surface area contributed by atoms with E-state index in [1.807, 2.05) is 5.51 Å². The molecule has 1 aromatic rings. The molecule has 5 nitrogen and oxygen atoms in total. The molecule has 0 radical (unpaired) electrons. The third-order valence-electron chi connectivity index (χ3n) is 4.80. The summed E-state index contributed by atoms with van der Waals surface area (Å²) in [6.07, 6.45) is 3.80. The number of nitrogens with zero attached hydrogens (tertiary/aromatic N) is 4. The van der Waals surface area contributed by atoms with Crippen molar-refractivity contribution in [3.8, 4) is 0 Å². The van der Waals surface area contributed by atoms with Gasteiger partial charge in [0.2, 0.25) is 5.13 Å². The quantitative estimate of drug-likeness (QED) is 0.833. The van der Waals surface area contributed by atoms with Crippen LogP contribution < -0.4 is 4.90 Å². The van der Waals surface area contributed by atoms with Gasteiger partial charge in [-0.15, -0.1) is 10.2 Å². The molecule has 3 aliphatic heterocycles. The molecule has 104 valence electrons. The maximum atomic E-state index is 5.51. The van der Waals surface area contributed by atoms with Crippen LogP contribution in [-0.2, 0) is 4.74 Å². The Hall–Kier alpha value is -0.720. The Labute approximate surface area is 117 Å². The molecule has 4 heterocycles. The maximum absolute atomic E-state index is 5.51. The van der Waals surface area contributed by atoms with E-state index < -0.39 is 0 Å². The first-order valence-corrected chi connectivity index (χ1v) is 8.14. The molecule has 1 unspecified atom stereocenters. The van der Waals surface area contributed by atoms with E-state index in [0.29, 0.717) is 6.04 Å². The first-order chi connectivity index (χ1) is 9.42. The molecule has 19 heavy (non-hydrogen) atoms. The van der Waals surface area contributed by atoms with E-state index in [-0.39, 0.29) is 0 Å². The second-order valence-electron chi connectivity index (χ2n) is 5.85. The summed E-state index contributed by atoms with van der Waals surface area (Å²) in [5.74, 6) is 0.759. The Morgan fingerprint density at radius 3 is 3.00 bits per heavy atom. The third-order valence-corrected chi connectivity index (χ3v) is 5.53. The van der Waals surface area contributed by atoms with Crippen LogP contribution in [0.1, 0.15) is 19.3 Å². The molecule has 1 aromatic heterocycles. The molecule has 3 saturated heterocycles. The monoisotopic (exact) mass is 280 g/mol. The van der Waals surface area contributed by atoms with Gasteiger partial charge in [-0.3, -0.25) is 4.90 Å².